The minimum atomic E-state index is -0.120. The van der Waals surface area contributed by atoms with Gasteiger partial charge in [-0.25, -0.2) is 0 Å². The highest BCUT2D eigenvalue weighted by Crippen LogP contribution is 2.32. The Labute approximate surface area is 135 Å². The largest absolute Gasteiger partial charge is 0.373 e. The van der Waals surface area contributed by atoms with Gasteiger partial charge in [0.05, 0.1) is 34.5 Å². The zero-order valence-corrected chi connectivity index (χ0v) is 14.0. The first kappa shape index (κ1) is 16.6. The summed E-state index contributed by atoms with van der Waals surface area (Å²) in [6.45, 7) is 7.68. The van der Waals surface area contributed by atoms with E-state index in [0.717, 1.165) is 18.7 Å². The van der Waals surface area contributed by atoms with Gasteiger partial charge in [0, 0.05) is 13.1 Å². The number of amides is 1. The Hall–Kier alpha value is -0.810. The lowest BCUT2D eigenvalue weighted by atomic mass is 10.2. The highest BCUT2D eigenvalue weighted by Gasteiger charge is 2.24. The van der Waals surface area contributed by atoms with Gasteiger partial charge in [-0.2, -0.15) is 0 Å². The molecule has 4 nitrogen and oxygen atoms in total. The van der Waals surface area contributed by atoms with Crippen molar-refractivity contribution in [3.8, 4) is 0 Å². The zero-order valence-electron chi connectivity index (χ0n) is 12.5. The van der Waals surface area contributed by atoms with E-state index in [1.54, 1.807) is 6.07 Å². The van der Waals surface area contributed by atoms with Crippen LogP contribution in [0.2, 0.25) is 10.0 Å². The maximum absolute atomic E-state index is 12.2. The summed E-state index contributed by atoms with van der Waals surface area (Å²) < 4.78 is 5.65. The van der Waals surface area contributed by atoms with Gasteiger partial charge in [0.2, 0.25) is 5.91 Å². The molecule has 116 valence electrons. The van der Waals surface area contributed by atoms with Crippen molar-refractivity contribution in [1.82, 2.24) is 4.90 Å². The van der Waals surface area contributed by atoms with Gasteiger partial charge in [0.25, 0.3) is 0 Å². The van der Waals surface area contributed by atoms with Crippen LogP contribution in [0.25, 0.3) is 0 Å². The number of carbonyl (C=O) groups excluding carboxylic acids is 1. The number of carbonyl (C=O) groups is 1. The molecule has 1 fully saturated rings. The lowest BCUT2D eigenvalue weighted by Crippen LogP contribution is -2.48. The maximum atomic E-state index is 12.2. The number of anilines is 1. The molecule has 1 aliphatic rings. The van der Waals surface area contributed by atoms with Crippen molar-refractivity contribution in [1.29, 1.82) is 0 Å². The lowest BCUT2D eigenvalue weighted by Gasteiger charge is -2.34. The molecule has 0 spiro atoms. The number of rotatable bonds is 3. The van der Waals surface area contributed by atoms with Gasteiger partial charge in [-0.1, -0.05) is 29.3 Å². The van der Waals surface area contributed by atoms with E-state index in [1.807, 2.05) is 26.8 Å². The second kappa shape index (κ2) is 6.97. The maximum Gasteiger partial charge on any atom is 0.238 e. The fraction of sp³-hybridized carbons (Fsp3) is 0.533. The minimum absolute atomic E-state index is 0.120. The van der Waals surface area contributed by atoms with E-state index < -0.39 is 0 Å². The lowest BCUT2D eigenvalue weighted by molar-refractivity contribution is -0.121. The number of benzene rings is 1. The average molecular weight is 331 g/mol. The summed E-state index contributed by atoms with van der Waals surface area (Å²) in [5, 5.41) is 3.74. The van der Waals surface area contributed by atoms with Crippen molar-refractivity contribution in [2.75, 3.05) is 25.0 Å². The molecule has 0 saturated carbocycles. The molecule has 1 saturated heterocycles. The third-order valence-corrected chi connectivity index (χ3v) is 4.21. The summed E-state index contributed by atoms with van der Waals surface area (Å²) in [5.41, 5.74) is 1.36. The molecule has 2 atom stereocenters. The Balaban J connectivity index is 2.01. The van der Waals surface area contributed by atoms with Crippen molar-refractivity contribution in [2.45, 2.75) is 33.0 Å². The van der Waals surface area contributed by atoms with Gasteiger partial charge in [0.1, 0.15) is 0 Å². The minimum Gasteiger partial charge on any atom is -0.373 e. The van der Waals surface area contributed by atoms with Gasteiger partial charge in [-0.05, 0) is 32.4 Å². The molecule has 1 N–H and O–H groups in total. The Morgan fingerprint density at radius 2 is 1.95 bits per heavy atom. The van der Waals surface area contributed by atoms with Crippen LogP contribution in [0.1, 0.15) is 19.4 Å². The predicted octanol–water partition coefficient (Wildman–Crippen LogP) is 3.35. The molecule has 1 amide bonds. The van der Waals surface area contributed by atoms with Crippen LogP contribution in [-0.2, 0) is 9.53 Å². The first-order valence-corrected chi connectivity index (χ1v) is 7.74. The predicted molar refractivity (Wildman–Crippen MR) is 86.3 cm³/mol. The zero-order chi connectivity index (χ0) is 15.6. The van der Waals surface area contributed by atoms with E-state index in [1.165, 1.54) is 0 Å². The molecule has 0 unspecified atom stereocenters. The molecule has 0 aliphatic carbocycles. The van der Waals surface area contributed by atoms with E-state index in [9.17, 15) is 4.79 Å². The molecule has 1 aliphatic heterocycles. The van der Waals surface area contributed by atoms with Crippen LogP contribution >= 0.6 is 23.2 Å². The summed E-state index contributed by atoms with van der Waals surface area (Å²) in [4.78, 5) is 14.3. The molecule has 1 aromatic carbocycles. The van der Waals surface area contributed by atoms with Gasteiger partial charge < -0.3 is 10.1 Å². The number of morpholine rings is 1. The molecule has 2 rings (SSSR count). The standard InChI is InChI=1S/C15H20Cl2N2O2/c1-9-4-5-12(16)15(14(9)17)18-13(20)8-19-6-10(2)21-11(3)7-19/h4-5,10-11H,6-8H2,1-3H3,(H,18,20)/t10-,11-/m1/s1. The van der Waals surface area contributed by atoms with Crippen LogP contribution in [0.15, 0.2) is 12.1 Å². The van der Waals surface area contributed by atoms with Crippen molar-refractivity contribution in [3.63, 3.8) is 0 Å². The number of ether oxygens (including phenoxy) is 1. The van der Waals surface area contributed by atoms with Gasteiger partial charge in [-0.3, -0.25) is 9.69 Å². The summed E-state index contributed by atoms with van der Waals surface area (Å²) in [5.74, 6) is -0.120. The second-order valence-corrected chi connectivity index (χ2v) is 6.34. The fourth-order valence-corrected chi connectivity index (χ4v) is 3.03. The third-order valence-electron chi connectivity index (χ3n) is 3.41. The van der Waals surface area contributed by atoms with Gasteiger partial charge >= 0.3 is 0 Å². The molecule has 0 aromatic heterocycles. The Bertz CT molecular complexity index is 527. The fourth-order valence-electron chi connectivity index (χ4n) is 2.57. The van der Waals surface area contributed by atoms with Crippen molar-refractivity contribution < 1.29 is 9.53 Å². The van der Waals surface area contributed by atoms with E-state index >= 15 is 0 Å². The third kappa shape index (κ3) is 4.33. The molecular formula is C15H20Cl2N2O2. The monoisotopic (exact) mass is 330 g/mol. The van der Waals surface area contributed by atoms with Gasteiger partial charge in [0.15, 0.2) is 0 Å². The average Bonchev–Trinajstić information content (AvgIpc) is 2.38. The van der Waals surface area contributed by atoms with Crippen LogP contribution in [0.5, 0.6) is 0 Å². The number of nitrogens with zero attached hydrogens (tertiary/aromatic N) is 1. The number of nitrogens with one attached hydrogen (secondary N) is 1. The highest BCUT2D eigenvalue weighted by atomic mass is 35.5. The SMILES string of the molecule is Cc1ccc(Cl)c(NC(=O)CN2C[C@@H](C)O[C@H](C)C2)c1Cl. The van der Waals surface area contributed by atoms with Crippen molar-refractivity contribution in [3.05, 3.63) is 27.7 Å². The number of aryl methyl sites for hydroxylation is 1. The van der Waals surface area contributed by atoms with Crippen LogP contribution in [0.3, 0.4) is 0 Å². The summed E-state index contributed by atoms with van der Waals surface area (Å²) in [7, 11) is 0. The number of hydrogen-bond acceptors (Lipinski definition) is 3. The van der Waals surface area contributed by atoms with Crippen LogP contribution in [0.4, 0.5) is 5.69 Å². The second-order valence-electron chi connectivity index (χ2n) is 5.55. The Morgan fingerprint density at radius 1 is 1.33 bits per heavy atom. The molecule has 1 heterocycles. The summed E-state index contributed by atoms with van der Waals surface area (Å²) in [6.07, 6.45) is 0.264. The number of hydrogen-bond donors (Lipinski definition) is 1. The van der Waals surface area contributed by atoms with Crippen molar-refractivity contribution in [2.24, 2.45) is 0 Å². The molecule has 0 radical (unpaired) electrons. The topological polar surface area (TPSA) is 41.6 Å². The van der Waals surface area contributed by atoms with Crippen molar-refractivity contribution >= 4 is 34.8 Å². The number of halogens is 2. The molecule has 21 heavy (non-hydrogen) atoms. The summed E-state index contributed by atoms with van der Waals surface area (Å²) >= 11 is 12.3. The smallest absolute Gasteiger partial charge is 0.238 e. The molecule has 0 bridgehead atoms. The van der Waals surface area contributed by atoms with E-state index in [0.29, 0.717) is 22.3 Å². The summed E-state index contributed by atoms with van der Waals surface area (Å²) in [6, 6.07) is 3.56. The van der Waals surface area contributed by atoms with E-state index in [-0.39, 0.29) is 18.1 Å². The first-order valence-electron chi connectivity index (χ1n) is 6.99. The Morgan fingerprint density at radius 3 is 2.57 bits per heavy atom. The Kier molecular flexibility index (Phi) is 5.49. The normalized spacial score (nSPS) is 23.1. The first-order chi connectivity index (χ1) is 9.86. The highest BCUT2D eigenvalue weighted by molar-refractivity contribution is 6.40. The molecule has 6 heteroatoms. The van der Waals surface area contributed by atoms with Crippen LogP contribution < -0.4 is 5.32 Å². The van der Waals surface area contributed by atoms with E-state index in [2.05, 4.69) is 10.2 Å². The molecular weight excluding hydrogens is 311 g/mol. The van der Waals surface area contributed by atoms with Gasteiger partial charge in [-0.15, -0.1) is 0 Å². The van der Waals surface area contributed by atoms with E-state index in [4.69, 9.17) is 27.9 Å². The van der Waals surface area contributed by atoms with Crippen LogP contribution in [0, 0.1) is 6.92 Å². The molecule has 1 aromatic rings. The quantitative estimate of drug-likeness (QED) is 0.924. The van der Waals surface area contributed by atoms with Crippen LogP contribution in [-0.4, -0.2) is 42.6 Å².